The molecule has 0 aliphatic rings. The zero-order valence-electron chi connectivity index (χ0n) is 17.7. The van der Waals surface area contributed by atoms with Gasteiger partial charge in [-0.3, -0.25) is 4.79 Å². The van der Waals surface area contributed by atoms with Crippen molar-refractivity contribution in [2.45, 2.75) is 25.8 Å². The third-order valence-corrected chi connectivity index (χ3v) is 5.48. The number of rotatable bonds is 9. The molecule has 1 unspecified atom stereocenters. The summed E-state index contributed by atoms with van der Waals surface area (Å²) in [7, 11) is 0. The summed E-state index contributed by atoms with van der Waals surface area (Å²) in [6.45, 7) is 3.34. The highest BCUT2D eigenvalue weighted by molar-refractivity contribution is 6.36. The van der Waals surface area contributed by atoms with Gasteiger partial charge < -0.3 is 19.9 Å². The van der Waals surface area contributed by atoms with E-state index in [0.29, 0.717) is 21.5 Å². The molecule has 32 heavy (non-hydrogen) atoms. The molecule has 0 radical (unpaired) electrons. The summed E-state index contributed by atoms with van der Waals surface area (Å²) in [6.07, 6.45) is 0.192. The van der Waals surface area contributed by atoms with Gasteiger partial charge in [-0.15, -0.1) is 0 Å². The maximum atomic E-state index is 13.0. The number of ether oxygens (including phenoxy) is 2. The van der Waals surface area contributed by atoms with Crippen LogP contribution in [0, 0.1) is 5.82 Å². The number of hydrogen-bond acceptors (Lipinski definition) is 4. The quantitative estimate of drug-likeness (QED) is 0.436. The maximum Gasteiger partial charge on any atom is 0.329 e. The van der Waals surface area contributed by atoms with Gasteiger partial charge in [-0.05, 0) is 43.7 Å². The zero-order chi connectivity index (χ0) is 23.3. The van der Waals surface area contributed by atoms with Crippen molar-refractivity contribution in [1.82, 2.24) is 5.32 Å². The van der Waals surface area contributed by atoms with Crippen molar-refractivity contribution in [2.24, 2.45) is 0 Å². The van der Waals surface area contributed by atoms with Gasteiger partial charge >= 0.3 is 5.97 Å². The smallest absolute Gasteiger partial charge is 0.329 e. The van der Waals surface area contributed by atoms with E-state index in [0.717, 1.165) is 0 Å². The second kappa shape index (κ2) is 9.87. The van der Waals surface area contributed by atoms with Gasteiger partial charge in [0.1, 0.15) is 36.1 Å². The Bertz CT molecular complexity index is 1140. The van der Waals surface area contributed by atoms with Crippen molar-refractivity contribution in [3.05, 3.63) is 71.0 Å². The number of carbonyl (C=O) groups excluding carboxylic acids is 1. The third-order valence-electron chi connectivity index (χ3n) is 5.17. The molecule has 0 aliphatic heterocycles. The monoisotopic (exact) mass is 459 g/mol. The first-order valence-corrected chi connectivity index (χ1v) is 10.4. The summed E-state index contributed by atoms with van der Waals surface area (Å²) >= 11 is 6.39. The average Bonchev–Trinajstić information content (AvgIpc) is 2.78. The van der Waals surface area contributed by atoms with E-state index in [1.165, 1.54) is 37.3 Å². The van der Waals surface area contributed by atoms with E-state index in [9.17, 15) is 19.1 Å². The van der Waals surface area contributed by atoms with E-state index in [4.69, 9.17) is 21.1 Å². The molecule has 0 aliphatic carbocycles. The van der Waals surface area contributed by atoms with Gasteiger partial charge in [0.15, 0.2) is 0 Å². The summed E-state index contributed by atoms with van der Waals surface area (Å²) in [5, 5.41) is 13.7. The Labute approximate surface area is 189 Å². The molecule has 2 N–H and O–H groups in total. The van der Waals surface area contributed by atoms with Crippen molar-refractivity contribution in [1.29, 1.82) is 0 Å². The number of nitrogens with one attached hydrogen (secondary N) is 1. The molecule has 0 aromatic heterocycles. The highest BCUT2D eigenvalue weighted by atomic mass is 35.5. The molecule has 0 bridgehead atoms. The van der Waals surface area contributed by atoms with Crippen LogP contribution in [0.5, 0.6) is 11.5 Å². The summed E-state index contributed by atoms with van der Waals surface area (Å²) in [4.78, 5) is 24.7. The molecule has 1 amide bonds. The Balaban J connectivity index is 1.87. The number of carboxylic acid groups (broad SMARTS) is 1. The van der Waals surface area contributed by atoms with Crippen molar-refractivity contribution in [3.8, 4) is 11.5 Å². The normalized spacial score (nSPS) is 12.8. The molecule has 0 saturated heterocycles. The topological polar surface area (TPSA) is 84.9 Å². The van der Waals surface area contributed by atoms with Crippen LogP contribution < -0.4 is 14.8 Å². The van der Waals surface area contributed by atoms with Gasteiger partial charge in [0, 0.05) is 15.8 Å². The fourth-order valence-electron chi connectivity index (χ4n) is 3.07. The van der Waals surface area contributed by atoms with Crippen LogP contribution in [-0.4, -0.2) is 35.7 Å². The number of carboxylic acids is 1. The van der Waals surface area contributed by atoms with Crippen LogP contribution in [0.25, 0.3) is 10.8 Å². The Morgan fingerprint density at radius 2 is 1.69 bits per heavy atom. The lowest BCUT2D eigenvalue weighted by molar-refractivity contribution is -0.143. The minimum Gasteiger partial charge on any atom is -0.490 e. The Kier molecular flexibility index (Phi) is 7.20. The van der Waals surface area contributed by atoms with E-state index >= 15 is 0 Å². The van der Waals surface area contributed by atoms with Gasteiger partial charge in [-0.25, -0.2) is 9.18 Å². The van der Waals surface area contributed by atoms with Crippen molar-refractivity contribution in [2.75, 3.05) is 13.2 Å². The van der Waals surface area contributed by atoms with Crippen molar-refractivity contribution >= 4 is 34.2 Å². The number of halogens is 2. The second-order valence-electron chi connectivity index (χ2n) is 7.38. The maximum absolute atomic E-state index is 13.0. The Morgan fingerprint density at radius 1 is 1.06 bits per heavy atom. The standard InChI is InChI=1S/C24H23ClFNO5/c1-3-24(2,23(29)30)27-22(28)19-14-20(25)17-6-4-5-7-18(17)21(19)32-13-12-31-16-10-8-15(26)9-11-16/h4-11,14H,3,12-13H2,1-2H3,(H,27,28)(H,29,30). The molecule has 168 valence electrons. The number of hydrogen-bond donors (Lipinski definition) is 2. The van der Waals surface area contributed by atoms with Crippen molar-refractivity contribution < 1.29 is 28.6 Å². The lowest BCUT2D eigenvalue weighted by Crippen LogP contribution is -2.51. The molecule has 0 spiro atoms. The number of aliphatic carboxylic acids is 1. The predicted molar refractivity (Wildman–Crippen MR) is 120 cm³/mol. The average molecular weight is 460 g/mol. The summed E-state index contributed by atoms with van der Waals surface area (Å²) in [6, 6.07) is 14.2. The second-order valence-corrected chi connectivity index (χ2v) is 7.78. The molecule has 6 nitrogen and oxygen atoms in total. The first-order valence-electron chi connectivity index (χ1n) is 10.0. The predicted octanol–water partition coefficient (Wildman–Crippen LogP) is 5.07. The van der Waals surface area contributed by atoms with Crippen LogP contribution in [0.3, 0.4) is 0 Å². The van der Waals surface area contributed by atoms with E-state index in [-0.39, 0.29) is 36.8 Å². The fourth-order valence-corrected chi connectivity index (χ4v) is 3.35. The van der Waals surface area contributed by atoms with Crippen LogP contribution >= 0.6 is 11.6 Å². The lowest BCUT2D eigenvalue weighted by atomic mass is 9.97. The number of benzene rings is 3. The summed E-state index contributed by atoms with van der Waals surface area (Å²) in [5.74, 6) is -1.37. The number of carbonyl (C=O) groups is 2. The summed E-state index contributed by atoms with van der Waals surface area (Å²) in [5.41, 5.74) is -1.32. The van der Waals surface area contributed by atoms with Gasteiger partial charge in [0.2, 0.25) is 0 Å². The first-order chi connectivity index (χ1) is 15.2. The Morgan fingerprint density at radius 3 is 2.31 bits per heavy atom. The summed E-state index contributed by atoms with van der Waals surface area (Å²) < 4.78 is 24.5. The highest BCUT2D eigenvalue weighted by Gasteiger charge is 2.34. The largest absolute Gasteiger partial charge is 0.490 e. The molecule has 3 rings (SSSR count). The van der Waals surface area contributed by atoms with Gasteiger partial charge in [-0.1, -0.05) is 42.8 Å². The van der Waals surface area contributed by atoms with Crippen LogP contribution in [-0.2, 0) is 4.79 Å². The van der Waals surface area contributed by atoms with Crippen LogP contribution in [0.4, 0.5) is 4.39 Å². The van der Waals surface area contributed by atoms with E-state index < -0.39 is 17.4 Å². The Hall–Kier alpha value is -3.32. The molecule has 0 saturated carbocycles. The molecule has 3 aromatic carbocycles. The van der Waals surface area contributed by atoms with Gasteiger partial charge in [-0.2, -0.15) is 0 Å². The van der Waals surface area contributed by atoms with E-state index in [2.05, 4.69) is 5.32 Å². The minimum absolute atomic E-state index is 0.0905. The molecule has 8 heteroatoms. The van der Waals surface area contributed by atoms with Crippen LogP contribution in [0.15, 0.2) is 54.6 Å². The minimum atomic E-state index is -1.45. The molecule has 0 heterocycles. The fraction of sp³-hybridized carbons (Fsp3) is 0.250. The molecular formula is C24H23ClFNO5. The van der Waals surface area contributed by atoms with Crippen LogP contribution in [0.1, 0.15) is 30.6 Å². The van der Waals surface area contributed by atoms with Gasteiger partial charge in [0.25, 0.3) is 5.91 Å². The molecular weight excluding hydrogens is 437 g/mol. The molecule has 1 atom stereocenters. The highest BCUT2D eigenvalue weighted by Crippen LogP contribution is 2.35. The SMILES string of the molecule is CCC(C)(NC(=O)c1cc(Cl)c2ccccc2c1OCCOc1ccc(F)cc1)C(=O)O. The van der Waals surface area contributed by atoms with E-state index in [1.54, 1.807) is 25.1 Å². The van der Waals surface area contributed by atoms with E-state index in [1.807, 2.05) is 6.07 Å². The van der Waals surface area contributed by atoms with Gasteiger partial charge in [0.05, 0.1) is 5.56 Å². The number of amides is 1. The van der Waals surface area contributed by atoms with Crippen LogP contribution in [0.2, 0.25) is 5.02 Å². The lowest BCUT2D eigenvalue weighted by Gasteiger charge is -2.25. The third kappa shape index (κ3) is 5.11. The first kappa shape index (κ1) is 23.3. The molecule has 0 fully saturated rings. The number of fused-ring (bicyclic) bond motifs is 1. The van der Waals surface area contributed by atoms with Crippen molar-refractivity contribution in [3.63, 3.8) is 0 Å². The molecule has 3 aromatic rings. The zero-order valence-corrected chi connectivity index (χ0v) is 18.4.